The number of nitrogens with one attached hydrogen (secondary N) is 1. The smallest absolute Gasteiger partial charge is 0.274 e. The Labute approximate surface area is 171 Å². The minimum absolute atomic E-state index is 0.0865. The van der Waals surface area contributed by atoms with Gasteiger partial charge in [0.05, 0.1) is 0 Å². The molecule has 0 aromatic carbocycles. The van der Waals surface area contributed by atoms with E-state index in [0.29, 0.717) is 38.3 Å². The van der Waals surface area contributed by atoms with Crippen molar-refractivity contribution in [3.63, 3.8) is 0 Å². The molecular weight excluding hydrogens is 426 g/mol. The molecule has 9 heteroatoms. The summed E-state index contributed by atoms with van der Waals surface area (Å²) < 4.78 is 2.16. The van der Waals surface area contributed by atoms with Crippen LogP contribution in [0.25, 0.3) is 0 Å². The Hall–Kier alpha value is -2.55. The number of carbonyl (C=O) groups is 2. The summed E-state index contributed by atoms with van der Waals surface area (Å²) in [5.41, 5.74) is 0.0466. The van der Waals surface area contributed by atoms with Gasteiger partial charge in [-0.3, -0.25) is 14.4 Å². The average Bonchev–Trinajstić information content (AvgIpc) is 2.71. The molecule has 148 valence electrons. The van der Waals surface area contributed by atoms with Crippen LogP contribution in [0.5, 0.6) is 0 Å². The minimum atomic E-state index is -0.213. The van der Waals surface area contributed by atoms with Crippen molar-refractivity contribution in [2.45, 2.75) is 32.7 Å². The third-order valence-corrected chi connectivity index (χ3v) is 5.12. The molecule has 2 amide bonds. The molecule has 0 spiro atoms. The van der Waals surface area contributed by atoms with Gasteiger partial charge >= 0.3 is 0 Å². The van der Waals surface area contributed by atoms with Crippen molar-refractivity contribution >= 4 is 33.6 Å². The molecule has 2 aromatic rings. The molecule has 1 aliphatic heterocycles. The first kappa shape index (κ1) is 20.2. The summed E-state index contributed by atoms with van der Waals surface area (Å²) in [4.78, 5) is 42.7. The molecule has 28 heavy (non-hydrogen) atoms. The monoisotopic (exact) mass is 447 g/mol. The number of hydrogen-bond acceptors (Lipinski definition) is 5. The van der Waals surface area contributed by atoms with Crippen LogP contribution in [0.2, 0.25) is 0 Å². The zero-order chi connectivity index (χ0) is 20.1. The lowest BCUT2D eigenvalue weighted by Crippen LogP contribution is -2.42. The maximum absolute atomic E-state index is 12.7. The maximum Gasteiger partial charge on any atom is 0.274 e. The summed E-state index contributed by atoms with van der Waals surface area (Å²) in [6, 6.07) is 6.39. The third kappa shape index (κ3) is 4.83. The first-order valence-electron chi connectivity index (χ1n) is 9.27. The van der Waals surface area contributed by atoms with Crippen molar-refractivity contribution in [3.05, 3.63) is 51.0 Å². The molecular formula is C19H22BrN5O3. The number of anilines is 1. The summed E-state index contributed by atoms with van der Waals surface area (Å²) >= 11 is 3.31. The number of pyridine rings is 1. The van der Waals surface area contributed by atoms with Crippen molar-refractivity contribution < 1.29 is 9.59 Å². The number of carbonyl (C=O) groups excluding carboxylic acids is 2. The van der Waals surface area contributed by atoms with Crippen LogP contribution in [0.15, 0.2) is 39.7 Å². The number of nitrogens with zero attached hydrogens (tertiary/aromatic N) is 4. The number of aromatic nitrogens is 3. The fourth-order valence-corrected chi connectivity index (χ4v) is 3.35. The van der Waals surface area contributed by atoms with Crippen LogP contribution in [-0.4, -0.2) is 44.6 Å². The molecule has 0 atom stereocenters. The van der Waals surface area contributed by atoms with E-state index in [0.717, 1.165) is 10.9 Å². The molecule has 0 aliphatic carbocycles. The van der Waals surface area contributed by atoms with E-state index >= 15 is 0 Å². The van der Waals surface area contributed by atoms with E-state index in [2.05, 4.69) is 31.3 Å². The molecule has 0 saturated carbocycles. The Kier molecular flexibility index (Phi) is 6.56. The molecule has 8 nitrogen and oxygen atoms in total. The SMILES string of the molecule is CCCn1nc(C(=O)N2CCC(C(=O)Nc3ccc(Br)cn3)CC2)ccc1=O. The molecule has 3 heterocycles. The molecule has 3 rings (SSSR count). The van der Waals surface area contributed by atoms with Crippen molar-refractivity contribution in [2.24, 2.45) is 5.92 Å². The lowest BCUT2D eigenvalue weighted by Gasteiger charge is -2.31. The fourth-order valence-electron chi connectivity index (χ4n) is 3.12. The molecule has 0 radical (unpaired) electrons. The zero-order valence-electron chi connectivity index (χ0n) is 15.6. The van der Waals surface area contributed by atoms with Crippen LogP contribution in [0.3, 0.4) is 0 Å². The van der Waals surface area contributed by atoms with Gasteiger partial charge < -0.3 is 10.2 Å². The van der Waals surface area contributed by atoms with Gasteiger partial charge in [-0.2, -0.15) is 5.10 Å². The first-order valence-corrected chi connectivity index (χ1v) is 10.1. The highest BCUT2D eigenvalue weighted by Gasteiger charge is 2.28. The number of rotatable bonds is 5. The van der Waals surface area contributed by atoms with E-state index in [1.165, 1.54) is 16.8 Å². The van der Waals surface area contributed by atoms with Crippen molar-refractivity contribution in [1.82, 2.24) is 19.7 Å². The molecule has 1 N–H and O–H groups in total. The van der Waals surface area contributed by atoms with E-state index in [4.69, 9.17) is 0 Å². The maximum atomic E-state index is 12.7. The van der Waals surface area contributed by atoms with Crippen LogP contribution in [0.4, 0.5) is 5.82 Å². The zero-order valence-corrected chi connectivity index (χ0v) is 17.2. The summed E-state index contributed by atoms with van der Waals surface area (Å²) in [5.74, 6) is 0.0421. The van der Waals surface area contributed by atoms with Gasteiger partial charge in [0.25, 0.3) is 11.5 Å². The van der Waals surface area contributed by atoms with Crippen LogP contribution >= 0.6 is 15.9 Å². The number of amides is 2. The Morgan fingerprint density at radius 3 is 2.61 bits per heavy atom. The van der Waals surface area contributed by atoms with E-state index in [9.17, 15) is 14.4 Å². The number of hydrogen-bond donors (Lipinski definition) is 1. The highest BCUT2D eigenvalue weighted by atomic mass is 79.9. The molecule has 1 fully saturated rings. The van der Waals surface area contributed by atoms with Gasteiger partial charge in [0.15, 0.2) is 0 Å². The largest absolute Gasteiger partial charge is 0.337 e. The van der Waals surface area contributed by atoms with Gasteiger partial charge in [0.1, 0.15) is 11.5 Å². The second kappa shape index (κ2) is 9.09. The van der Waals surface area contributed by atoms with Gasteiger partial charge in [-0.25, -0.2) is 9.67 Å². The van der Waals surface area contributed by atoms with Crippen molar-refractivity contribution in [1.29, 1.82) is 0 Å². The normalized spacial score (nSPS) is 14.7. The average molecular weight is 448 g/mol. The number of aryl methyl sites for hydroxylation is 1. The van der Waals surface area contributed by atoms with Gasteiger partial charge in [0, 0.05) is 42.3 Å². The fraction of sp³-hybridized carbons (Fsp3) is 0.421. The number of likely N-dealkylation sites (tertiary alicyclic amines) is 1. The Morgan fingerprint density at radius 1 is 1.21 bits per heavy atom. The second-order valence-electron chi connectivity index (χ2n) is 6.70. The highest BCUT2D eigenvalue weighted by molar-refractivity contribution is 9.10. The Balaban J connectivity index is 1.58. The van der Waals surface area contributed by atoms with Crippen molar-refractivity contribution in [3.8, 4) is 0 Å². The van der Waals surface area contributed by atoms with E-state index < -0.39 is 0 Å². The quantitative estimate of drug-likeness (QED) is 0.757. The Bertz CT molecular complexity index is 905. The van der Waals surface area contributed by atoms with Gasteiger partial charge in [-0.05, 0) is 53.4 Å². The van der Waals surface area contributed by atoms with Crippen LogP contribution < -0.4 is 10.9 Å². The van der Waals surface area contributed by atoms with Crippen LogP contribution in [0.1, 0.15) is 36.7 Å². The van der Waals surface area contributed by atoms with Gasteiger partial charge in [0.2, 0.25) is 5.91 Å². The van der Waals surface area contributed by atoms with Crippen LogP contribution in [0, 0.1) is 5.92 Å². The summed E-state index contributed by atoms with van der Waals surface area (Å²) in [6.45, 7) is 3.37. The van der Waals surface area contributed by atoms with Crippen LogP contribution in [-0.2, 0) is 11.3 Å². The second-order valence-corrected chi connectivity index (χ2v) is 7.61. The predicted octanol–water partition coefficient (Wildman–Crippen LogP) is 2.30. The van der Waals surface area contributed by atoms with Gasteiger partial charge in [-0.1, -0.05) is 6.92 Å². The van der Waals surface area contributed by atoms with Crippen molar-refractivity contribution in [2.75, 3.05) is 18.4 Å². The number of halogens is 1. The minimum Gasteiger partial charge on any atom is -0.337 e. The topological polar surface area (TPSA) is 97.2 Å². The highest BCUT2D eigenvalue weighted by Crippen LogP contribution is 2.20. The summed E-state index contributed by atoms with van der Waals surface area (Å²) in [7, 11) is 0. The lowest BCUT2D eigenvalue weighted by atomic mass is 9.95. The molecule has 1 saturated heterocycles. The first-order chi connectivity index (χ1) is 13.5. The van der Waals surface area contributed by atoms with E-state index in [-0.39, 0.29) is 29.0 Å². The third-order valence-electron chi connectivity index (χ3n) is 4.65. The van der Waals surface area contributed by atoms with Gasteiger partial charge in [-0.15, -0.1) is 0 Å². The summed E-state index contributed by atoms with van der Waals surface area (Å²) in [5, 5.41) is 6.99. The predicted molar refractivity (Wildman–Crippen MR) is 108 cm³/mol. The standard InChI is InChI=1S/C19H22BrN5O3/c1-2-9-25-17(26)6-4-15(23-25)19(28)24-10-7-13(8-11-24)18(27)22-16-5-3-14(20)12-21-16/h3-6,12-13H,2,7-11H2,1H3,(H,21,22,27). The molecule has 0 bridgehead atoms. The Morgan fingerprint density at radius 2 is 1.96 bits per heavy atom. The summed E-state index contributed by atoms with van der Waals surface area (Å²) in [6.07, 6.45) is 3.53. The lowest BCUT2D eigenvalue weighted by molar-refractivity contribution is -0.121. The molecule has 1 aliphatic rings. The molecule has 0 unspecified atom stereocenters. The van der Waals surface area contributed by atoms with E-state index in [1.807, 2.05) is 13.0 Å². The van der Waals surface area contributed by atoms with E-state index in [1.54, 1.807) is 17.2 Å². The molecule has 2 aromatic heterocycles. The number of piperidine rings is 1.